The van der Waals surface area contributed by atoms with Crippen molar-refractivity contribution in [1.29, 1.82) is 0 Å². The number of benzene rings is 2. The first-order valence-electron chi connectivity index (χ1n) is 14.4. The molecule has 2 saturated heterocycles. The first-order chi connectivity index (χ1) is 18.8. The van der Waals surface area contributed by atoms with Crippen molar-refractivity contribution in [2.75, 3.05) is 52.9 Å². The first-order valence-corrected chi connectivity index (χ1v) is 9.76. The molecule has 1 N–H and O–H groups in total. The quantitative estimate of drug-likeness (QED) is 0.427. The average Bonchev–Trinajstić information content (AvgIpc) is 3.64. The van der Waals surface area contributed by atoms with E-state index >= 15 is 0 Å². The fourth-order valence-electron chi connectivity index (χ4n) is 2.06. The van der Waals surface area contributed by atoms with Gasteiger partial charge in [-0.3, -0.25) is 0 Å². The van der Waals surface area contributed by atoms with E-state index in [4.69, 9.17) is 44.6 Å². The molecular weight excluding hydrogens is 420 g/mol. The number of phenols is 1. The number of rotatable bonds is 10. The van der Waals surface area contributed by atoms with Gasteiger partial charge in [0.15, 0.2) is 0 Å². The van der Waals surface area contributed by atoms with Crippen molar-refractivity contribution in [3.63, 3.8) is 0 Å². The van der Waals surface area contributed by atoms with Crippen LogP contribution in [0.4, 0.5) is 0 Å². The van der Waals surface area contributed by atoms with Gasteiger partial charge in [0.25, 0.3) is 0 Å². The predicted molar refractivity (Wildman–Crippen MR) is 121 cm³/mol. The third kappa shape index (κ3) is 12.6. The summed E-state index contributed by atoms with van der Waals surface area (Å²) in [6.45, 7) is -5.85. The topological polar surface area (TPSA) is 73.0 Å². The normalized spacial score (nSPS) is 31.8. The molecule has 0 radical (unpaired) electrons. The van der Waals surface area contributed by atoms with Crippen molar-refractivity contribution >= 4 is 11.6 Å². The Hall–Kier alpha value is -1.83. The van der Waals surface area contributed by atoms with Crippen LogP contribution in [0.2, 0.25) is 0 Å². The van der Waals surface area contributed by atoms with Crippen LogP contribution in [0.3, 0.4) is 0 Å². The highest BCUT2D eigenvalue weighted by molar-refractivity contribution is 6.18. The molecule has 31 heavy (non-hydrogen) atoms. The van der Waals surface area contributed by atoms with Gasteiger partial charge in [-0.1, -0.05) is 24.3 Å². The smallest absolute Gasteiger partial charge is 0.119 e. The number of alkyl halides is 1. The summed E-state index contributed by atoms with van der Waals surface area (Å²) in [5.41, 5.74) is 2.20. The van der Waals surface area contributed by atoms with Gasteiger partial charge in [0.2, 0.25) is 0 Å². The third-order valence-corrected chi connectivity index (χ3v) is 3.98. The molecular formula is C24H33ClO6. The fourth-order valence-corrected chi connectivity index (χ4v) is 2.14. The van der Waals surface area contributed by atoms with Crippen LogP contribution in [0.5, 0.6) is 11.5 Å². The molecule has 4 rings (SSSR count). The van der Waals surface area contributed by atoms with E-state index in [-0.39, 0.29) is 5.75 Å². The second kappa shape index (κ2) is 15.1. The zero-order valence-corrected chi connectivity index (χ0v) is 18.1. The van der Waals surface area contributed by atoms with E-state index < -0.39 is 37.7 Å². The minimum atomic E-state index is -2.58. The van der Waals surface area contributed by atoms with Crippen molar-refractivity contribution < 1.29 is 42.5 Å². The Morgan fingerprint density at radius 2 is 1.45 bits per heavy atom. The number of methoxy groups -OCH3 is 2. The van der Waals surface area contributed by atoms with Crippen LogP contribution in [0, 0.1) is 0 Å². The van der Waals surface area contributed by atoms with Gasteiger partial charge < -0.3 is 28.8 Å². The maximum atomic E-state index is 8.95. The van der Waals surface area contributed by atoms with Crippen molar-refractivity contribution in [3.8, 4) is 11.5 Å². The Balaban J connectivity index is 0.000000236. The van der Waals surface area contributed by atoms with E-state index in [1.54, 1.807) is 50.6 Å². The molecule has 7 heteroatoms. The monoisotopic (exact) mass is 462 g/mol. The Kier molecular flexibility index (Phi) is 6.97. The summed E-state index contributed by atoms with van der Waals surface area (Å²) in [6, 6.07) is 13.8. The van der Waals surface area contributed by atoms with E-state index in [1.807, 2.05) is 12.1 Å². The zero-order chi connectivity index (χ0) is 31.3. The molecule has 2 unspecified atom stereocenters. The average molecular weight is 463 g/mol. The van der Waals surface area contributed by atoms with Gasteiger partial charge in [-0.15, -0.1) is 11.6 Å². The van der Waals surface area contributed by atoms with Crippen LogP contribution in [0.25, 0.3) is 0 Å². The number of aromatic hydroxyl groups is 1. The molecule has 2 aromatic rings. The van der Waals surface area contributed by atoms with Gasteiger partial charge in [-0.2, -0.15) is 0 Å². The van der Waals surface area contributed by atoms with Gasteiger partial charge in [-0.05, 0) is 48.2 Å². The molecule has 0 aliphatic carbocycles. The van der Waals surface area contributed by atoms with Crippen LogP contribution in [0.15, 0.2) is 48.5 Å². The minimum absolute atomic E-state index is 0.217. The van der Waals surface area contributed by atoms with Crippen molar-refractivity contribution in [3.05, 3.63) is 59.7 Å². The summed E-state index contributed by atoms with van der Waals surface area (Å²) in [4.78, 5) is 0. The zero-order valence-electron chi connectivity index (χ0n) is 27.3. The van der Waals surface area contributed by atoms with Crippen LogP contribution in [0.1, 0.15) is 24.8 Å². The molecule has 0 saturated carbocycles. The molecule has 2 heterocycles. The lowest BCUT2D eigenvalue weighted by molar-refractivity contribution is 0.202. The Bertz CT molecular complexity index is 1120. The summed E-state index contributed by atoms with van der Waals surface area (Å²) >= 11 is 5.04. The minimum Gasteiger partial charge on any atom is -0.508 e. The summed E-state index contributed by atoms with van der Waals surface area (Å²) in [6.07, 6.45) is -2.94. The molecule has 2 aliphatic heterocycles. The maximum absolute atomic E-state index is 8.95. The number of halogens is 1. The molecule has 2 fully saturated rings. The standard InChI is InChI=1S/C12H16O3.C9H12O2.C3H5ClO/c1-13-7-6-10-2-4-11(5-3-10)14-8-12-9-15-12;1-11-7-6-8-2-4-9(10)5-3-8;4-1-3-2-5-3/h2-5,12H,6-9H2,1H3;2-5,10H,6-7H2,1H3;3H,1-2H2/i8D2,9D2,12D;;1D2,2D2,3D. The second-order valence-corrected chi connectivity index (χ2v) is 6.35. The summed E-state index contributed by atoms with van der Waals surface area (Å²) < 4.78 is 95.2. The van der Waals surface area contributed by atoms with Gasteiger partial charge in [0, 0.05) is 17.0 Å². The van der Waals surface area contributed by atoms with Crippen molar-refractivity contribution in [2.24, 2.45) is 0 Å². The van der Waals surface area contributed by atoms with Gasteiger partial charge in [0.1, 0.15) is 24.1 Å². The van der Waals surface area contributed by atoms with E-state index in [0.717, 1.165) is 25.0 Å². The van der Waals surface area contributed by atoms with Crippen molar-refractivity contribution in [2.45, 2.75) is 25.0 Å². The van der Waals surface area contributed by atoms with Crippen LogP contribution in [-0.4, -0.2) is 70.2 Å². The summed E-state index contributed by atoms with van der Waals surface area (Å²) in [5.74, 6) is -1.95. The molecule has 0 spiro atoms. The number of hydrogen-bond donors (Lipinski definition) is 1. The van der Waals surface area contributed by atoms with Gasteiger partial charge >= 0.3 is 0 Å². The van der Waals surface area contributed by atoms with E-state index in [9.17, 15) is 0 Å². The molecule has 2 aliphatic rings. The Morgan fingerprint density at radius 1 is 0.968 bits per heavy atom. The number of epoxide rings is 2. The van der Waals surface area contributed by atoms with Crippen LogP contribution < -0.4 is 4.74 Å². The lowest BCUT2D eigenvalue weighted by atomic mass is 10.1. The summed E-state index contributed by atoms with van der Waals surface area (Å²) in [7, 11) is 3.30. The largest absolute Gasteiger partial charge is 0.508 e. The number of phenolic OH excluding ortho intramolecular Hbond substituents is 1. The molecule has 2 aromatic carbocycles. The molecule has 0 amide bonds. The molecule has 6 nitrogen and oxygen atoms in total. The van der Waals surface area contributed by atoms with Gasteiger partial charge in [0.05, 0.1) is 49.2 Å². The lowest BCUT2D eigenvalue weighted by Gasteiger charge is -2.05. The Labute approximate surface area is 204 Å². The predicted octanol–water partition coefficient (Wildman–Crippen LogP) is 3.86. The molecule has 0 aromatic heterocycles. The SMILES string of the molecule is COCCc1ccc(O)cc1.[2H]C([2H])(Cl)C1([2H])OC1([2H])[2H].[2H]C([2H])(Oc1ccc(CCOC)cc1)C1([2H])OC1([2H])[2H]. The molecule has 2 atom stereocenters. The fraction of sp³-hybridized carbons (Fsp3) is 0.500. The lowest BCUT2D eigenvalue weighted by Crippen LogP contribution is -2.04. The number of ether oxygens (including phenoxy) is 5. The Morgan fingerprint density at radius 3 is 1.84 bits per heavy atom. The van der Waals surface area contributed by atoms with Crippen LogP contribution in [-0.2, 0) is 31.8 Å². The first kappa shape index (κ1) is 14.3. The van der Waals surface area contributed by atoms with Crippen LogP contribution >= 0.6 is 11.6 Å². The third-order valence-electron chi connectivity index (χ3n) is 3.81. The second-order valence-electron chi connectivity index (χ2n) is 6.16. The highest BCUT2D eigenvalue weighted by atomic mass is 35.5. The highest BCUT2D eigenvalue weighted by Gasteiger charge is 2.22. The van der Waals surface area contributed by atoms with E-state index in [0.29, 0.717) is 12.4 Å². The summed E-state index contributed by atoms with van der Waals surface area (Å²) in [5, 5.41) is 8.95. The molecule has 172 valence electrons. The number of hydrogen-bond acceptors (Lipinski definition) is 6. The molecule has 0 bridgehead atoms. The van der Waals surface area contributed by atoms with E-state index in [2.05, 4.69) is 9.47 Å². The van der Waals surface area contributed by atoms with Crippen molar-refractivity contribution in [1.82, 2.24) is 0 Å². The highest BCUT2D eigenvalue weighted by Crippen LogP contribution is 2.16. The maximum Gasteiger partial charge on any atom is 0.119 e. The van der Waals surface area contributed by atoms with E-state index in [1.165, 1.54) is 5.56 Å². The van der Waals surface area contributed by atoms with Gasteiger partial charge in [-0.25, -0.2) is 0 Å².